The van der Waals surface area contributed by atoms with Crippen LogP contribution in [-0.2, 0) is 4.79 Å². The molecule has 142 valence electrons. The van der Waals surface area contributed by atoms with Gasteiger partial charge in [0, 0.05) is 17.0 Å². The molecule has 1 aromatic heterocycles. The summed E-state index contributed by atoms with van der Waals surface area (Å²) in [5, 5.41) is 1.64. The first-order chi connectivity index (χ1) is 12.1. The number of carbonyl (C=O) groups is 1. The molecule has 0 unspecified atom stereocenters. The Morgan fingerprint density at radius 2 is 1.84 bits per heavy atom. The number of hydrogen-bond donors (Lipinski definition) is 0. The summed E-state index contributed by atoms with van der Waals surface area (Å²) in [5.74, 6) is 0.418. The van der Waals surface area contributed by atoms with Gasteiger partial charge in [0.05, 0.1) is 5.92 Å². The Hall–Kier alpha value is -0.970. The van der Waals surface area contributed by atoms with E-state index in [0.717, 1.165) is 42.9 Å². The van der Waals surface area contributed by atoms with Crippen LogP contribution in [0, 0.1) is 11.8 Å². The zero-order valence-electron chi connectivity index (χ0n) is 15.1. The van der Waals surface area contributed by atoms with E-state index in [1.165, 1.54) is 56.4 Å². The highest BCUT2D eigenvalue weighted by Crippen LogP contribution is 2.35. The van der Waals surface area contributed by atoms with Gasteiger partial charge in [-0.15, -0.1) is 11.3 Å². The highest BCUT2D eigenvalue weighted by atomic mass is 32.1. The topological polar surface area (TPSA) is 26.3 Å². The Morgan fingerprint density at radius 1 is 1.16 bits per heavy atom. The van der Waals surface area contributed by atoms with Gasteiger partial charge in [-0.1, -0.05) is 51.9 Å². The maximum Gasteiger partial charge on any atom is 0.315 e. The number of hydrogen-bond acceptors (Lipinski definition) is 3. The first-order valence-corrected chi connectivity index (χ1v) is 10.6. The molecule has 0 bridgehead atoms. The van der Waals surface area contributed by atoms with Gasteiger partial charge < -0.3 is 4.74 Å². The summed E-state index contributed by atoms with van der Waals surface area (Å²) in [6.45, 7) is 2.24. The molecule has 1 aliphatic carbocycles. The van der Waals surface area contributed by atoms with E-state index < -0.39 is 6.43 Å². The van der Waals surface area contributed by atoms with Gasteiger partial charge in [-0.05, 0) is 31.6 Å². The molecule has 5 heteroatoms. The molecule has 1 aliphatic rings. The fourth-order valence-electron chi connectivity index (χ4n) is 3.58. The van der Waals surface area contributed by atoms with E-state index in [1.807, 2.05) is 0 Å². The van der Waals surface area contributed by atoms with E-state index in [9.17, 15) is 13.6 Å². The van der Waals surface area contributed by atoms with E-state index in [0.29, 0.717) is 0 Å². The molecule has 0 amide bonds. The fraction of sp³-hybridized carbons (Fsp3) is 0.750. The summed E-state index contributed by atoms with van der Waals surface area (Å²) in [5.41, 5.74) is -0.0737. The predicted molar refractivity (Wildman–Crippen MR) is 98.4 cm³/mol. The second-order valence-corrected chi connectivity index (χ2v) is 8.07. The largest absolute Gasteiger partial charge is 0.415 e. The number of alkyl halides is 2. The van der Waals surface area contributed by atoms with Crippen molar-refractivity contribution in [3.05, 3.63) is 17.0 Å². The fourth-order valence-corrected chi connectivity index (χ4v) is 4.34. The molecule has 0 saturated heterocycles. The number of thiophene rings is 1. The van der Waals surface area contributed by atoms with Crippen molar-refractivity contribution in [1.29, 1.82) is 0 Å². The minimum absolute atomic E-state index is 0.0714. The summed E-state index contributed by atoms with van der Waals surface area (Å²) in [7, 11) is 0. The zero-order valence-corrected chi connectivity index (χ0v) is 16.0. The maximum absolute atomic E-state index is 12.6. The summed E-state index contributed by atoms with van der Waals surface area (Å²) >= 11 is 1.07. The van der Waals surface area contributed by atoms with Crippen molar-refractivity contribution in [3.63, 3.8) is 0 Å². The Kier molecular flexibility index (Phi) is 8.87. The summed E-state index contributed by atoms with van der Waals surface area (Å²) in [6.07, 6.45) is 10.6. The van der Waals surface area contributed by atoms with Crippen molar-refractivity contribution in [1.82, 2.24) is 0 Å². The maximum atomic E-state index is 12.6. The lowest BCUT2D eigenvalue weighted by Crippen LogP contribution is -2.25. The summed E-state index contributed by atoms with van der Waals surface area (Å²) in [6, 6.07) is 1.28. The minimum Gasteiger partial charge on any atom is -0.415 e. The number of halogens is 2. The molecule has 1 aromatic rings. The van der Waals surface area contributed by atoms with Gasteiger partial charge in [0.15, 0.2) is 5.06 Å². The molecular weight excluding hydrogens is 342 g/mol. The van der Waals surface area contributed by atoms with Crippen LogP contribution in [0.1, 0.15) is 89.5 Å². The van der Waals surface area contributed by atoms with Crippen molar-refractivity contribution in [2.24, 2.45) is 11.8 Å². The van der Waals surface area contributed by atoms with Gasteiger partial charge in [-0.2, -0.15) is 0 Å². The quantitative estimate of drug-likeness (QED) is 0.322. The van der Waals surface area contributed by atoms with Crippen LogP contribution in [0.2, 0.25) is 0 Å². The van der Waals surface area contributed by atoms with Crippen LogP contribution in [0.25, 0.3) is 0 Å². The van der Waals surface area contributed by atoms with Crippen LogP contribution in [-0.4, -0.2) is 5.97 Å². The monoisotopic (exact) mass is 372 g/mol. The number of carbonyl (C=O) groups excluding carboxylic acids is 1. The molecule has 1 saturated carbocycles. The van der Waals surface area contributed by atoms with Crippen molar-refractivity contribution in [2.45, 2.75) is 84.0 Å². The van der Waals surface area contributed by atoms with E-state index in [-0.39, 0.29) is 22.5 Å². The molecule has 0 aliphatic heterocycles. The highest BCUT2D eigenvalue weighted by Gasteiger charge is 2.28. The molecule has 2 rings (SSSR count). The predicted octanol–water partition coefficient (Wildman–Crippen LogP) is 7.15. The molecule has 0 aromatic carbocycles. The average Bonchev–Trinajstić information content (AvgIpc) is 3.07. The zero-order chi connectivity index (χ0) is 18.1. The van der Waals surface area contributed by atoms with Gasteiger partial charge in [0.25, 0.3) is 6.43 Å². The summed E-state index contributed by atoms with van der Waals surface area (Å²) in [4.78, 5) is 12.2. The van der Waals surface area contributed by atoms with Crippen LogP contribution < -0.4 is 4.74 Å². The van der Waals surface area contributed by atoms with E-state index >= 15 is 0 Å². The molecule has 0 spiro atoms. The van der Waals surface area contributed by atoms with Crippen LogP contribution >= 0.6 is 11.3 Å². The summed E-state index contributed by atoms with van der Waals surface area (Å²) < 4.78 is 30.4. The van der Waals surface area contributed by atoms with Gasteiger partial charge in [-0.25, -0.2) is 8.78 Å². The van der Waals surface area contributed by atoms with Gasteiger partial charge >= 0.3 is 5.97 Å². The highest BCUT2D eigenvalue weighted by molar-refractivity contribution is 7.12. The van der Waals surface area contributed by atoms with E-state index in [4.69, 9.17) is 4.74 Å². The van der Waals surface area contributed by atoms with Crippen molar-refractivity contribution >= 4 is 17.3 Å². The third kappa shape index (κ3) is 7.04. The minimum atomic E-state index is -2.51. The lowest BCUT2D eigenvalue weighted by atomic mass is 9.80. The smallest absolute Gasteiger partial charge is 0.315 e. The second-order valence-electron chi connectivity index (χ2n) is 7.19. The second kappa shape index (κ2) is 10.9. The molecule has 1 fully saturated rings. The third-order valence-electron chi connectivity index (χ3n) is 5.19. The van der Waals surface area contributed by atoms with Gasteiger partial charge in [0.2, 0.25) is 0 Å². The number of unbranched alkanes of at least 4 members (excludes halogenated alkanes) is 5. The third-order valence-corrected chi connectivity index (χ3v) is 6.02. The SMILES string of the molecule is CCCCCCCCC1CCC(C(=O)Oc2cc(C(F)F)cs2)CC1. The van der Waals surface area contributed by atoms with Crippen molar-refractivity contribution < 1.29 is 18.3 Å². The Balaban J connectivity index is 1.62. The number of esters is 1. The van der Waals surface area contributed by atoms with Crippen LogP contribution in [0.15, 0.2) is 11.4 Å². The van der Waals surface area contributed by atoms with Crippen LogP contribution in [0.5, 0.6) is 5.06 Å². The van der Waals surface area contributed by atoms with Crippen LogP contribution in [0.4, 0.5) is 8.78 Å². The lowest BCUT2D eigenvalue weighted by molar-refractivity contribution is -0.140. The number of rotatable bonds is 10. The molecule has 0 atom stereocenters. The molecular formula is C20H30F2O2S. The Labute approximate surface area is 154 Å². The molecule has 0 N–H and O–H groups in total. The number of ether oxygens (including phenoxy) is 1. The molecule has 0 radical (unpaired) electrons. The first-order valence-electron chi connectivity index (χ1n) is 9.68. The first kappa shape index (κ1) is 20.3. The standard InChI is InChI=1S/C20H30F2O2S/c1-2-3-4-5-6-7-8-15-9-11-16(12-10-15)20(23)24-18-13-17(14-25-18)19(21)22/h13-16,19H,2-12H2,1H3. The Morgan fingerprint density at radius 3 is 2.48 bits per heavy atom. The molecule has 2 nitrogen and oxygen atoms in total. The van der Waals surface area contributed by atoms with E-state index in [2.05, 4.69) is 6.92 Å². The van der Waals surface area contributed by atoms with E-state index in [1.54, 1.807) is 0 Å². The van der Waals surface area contributed by atoms with Gasteiger partial charge in [0.1, 0.15) is 0 Å². The van der Waals surface area contributed by atoms with Crippen molar-refractivity contribution in [3.8, 4) is 5.06 Å². The lowest BCUT2D eigenvalue weighted by Gasteiger charge is -2.27. The van der Waals surface area contributed by atoms with Crippen LogP contribution in [0.3, 0.4) is 0 Å². The molecule has 1 heterocycles. The average molecular weight is 373 g/mol. The van der Waals surface area contributed by atoms with Gasteiger partial charge in [-0.3, -0.25) is 4.79 Å². The molecule has 25 heavy (non-hydrogen) atoms. The Bertz CT molecular complexity index is 508. The normalized spacial score (nSPS) is 20.8. The van der Waals surface area contributed by atoms with Crippen molar-refractivity contribution in [2.75, 3.05) is 0 Å².